The van der Waals surface area contributed by atoms with Crippen molar-refractivity contribution in [2.24, 2.45) is 17.6 Å². The van der Waals surface area contributed by atoms with Gasteiger partial charge in [-0.3, -0.25) is 14.4 Å². The van der Waals surface area contributed by atoms with Gasteiger partial charge in [-0.25, -0.2) is 0 Å². The summed E-state index contributed by atoms with van der Waals surface area (Å²) in [5.74, 6) is -0.486. The zero-order chi connectivity index (χ0) is 17.9. The molecule has 7 heteroatoms. The first kappa shape index (κ1) is 18.7. The Morgan fingerprint density at radius 2 is 1.92 bits per heavy atom. The second-order valence-corrected chi connectivity index (χ2v) is 7.48. The van der Waals surface area contributed by atoms with Gasteiger partial charge in [-0.15, -0.1) is 0 Å². The van der Waals surface area contributed by atoms with Crippen LogP contribution in [0.2, 0.25) is 0 Å². The number of carbonyl (C=O) groups excluding carboxylic acids is 3. The number of rotatable bonds is 8. The lowest BCUT2D eigenvalue weighted by atomic mass is 10.0. The Balaban J connectivity index is 1.99. The fraction of sp³-hybridized carbons (Fsp3) is 0.824. The van der Waals surface area contributed by atoms with Gasteiger partial charge in [0.15, 0.2) is 6.10 Å². The molecule has 0 radical (unpaired) electrons. The van der Waals surface area contributed by atoms with Gasteiger partial charge in [0.2, 0.25) is 17.7 Å². The molecule has 2 rings (SSSR count). The molecule has 1 saturated heterocycles. The third-order valence-corrected chi connectivity index (χ3v) is 4.74. The average Bonchev–Trinajstić information content (AvgIpc) is 3.16. The molecular weight excluding hydrogens is 310 g/mol. The van der Waals surface area contributed by atoms with E-state index in [1.807, 2.05) is 13.8 Å². The van der Waals surface area contributed by atoms with Crippen molar-refractivity contribution in [3.05, 3.63) is 0 Å². The number of primary amides is 1. The highest BCUT2D eigenvalue weighted by molar-refractivity contribution is 5.89. The standard InChI is InChI=1S/C17H29N3O4/c1-10(2)8-14(21)20-7-3-4-13(20)17(24)19-12(9-11-5-6-11)15(22)16(18)23/h10-13,15,22H,3-9H2,1-2H3,(H2,18,23)(H,19,24). The fourth-order valence-electron chi connectivity index (χ4n) is 3.26. The van der Waals surface area contributed by atoms with Crippen molar-refractivity contribution in [2.45, 2.75) is 70.6 Å². The van der Waals surface area contributed by atoms with Gasteiger partial charge in [0, 0.05) is 13.0 Å². The number of hydrogen-bond donors (Lipinski definition) is 3. The molecule has 136 valence electrons. The maximum Gasteiger partial charge on any atom is 0.248 e. The summed E-state index contributed by atoms with van der Waals surface area (Å²) in [6.45, 7) is 4.52. The lowest BCUT2D eigenvalue weighted by Crippen LogP contribution is -2.54. The molecule has 7 nitrogen and oxygen atoms in total. The molecule has 3 amide bonds. The van der Waals surface area contributed by atoms with Crippen LogP contribution in [-0.2, 0) is 14.4 Å². The van der Waals surface area contributed by atoms with Gasteiger partial charge in [-0.1, -0.05) is 26.7 Å². The van der Waals surface area contributed by atoms with Crippen LogP contribution >= 0.6 is 0 Å². The summed E-state index contributed by atoms with van der Waals surface area (Å²) in [4.78, 5) is 37.8. The van der Waals surface area contributed by atoms with Crippen molar-refractivity contribution in [2.75, 3.05) is 6.54 Å². The lowest BCUT2D eigenvalue weighted by molar-refractivity contribution is -0.140. The molecule has 0 aromatic rings. The van der Waals surface area contributed by atoms with Crippen molar-refractivity contribution in [1.82, 2.24) is 10.2 Å². The topological polar surface area (TPSA) is 113 Å². The number of likely N-dealkylation sites (tertiary alicyclic amines) is 1. The van der Waals surface area contributed by atoms with Gasteiger partial charge in [0.05, 0.1) is 6.04 Å². The van der Waals surface area contributed by atoms with Crippen LogP contribution in [0.1, 0.15) is 52.4 Å². The summed E-state index contributed by atoms with van der Waals surface area (Å²) >= 11 is 0. The maximum atomic E-state index is 12.6. The van der Waals surface area contributed by atoms with Crippen LogP contribution in [0.15, 0.2) is 0 Å². The van der Waals surface area contributed by atoms with Crippen molar-refractivity contribution in [3.63, 3.8) is 0 Å². The quantitative estimate of drug-likeness (QED) is 0.584. The molecule has 2 aliphatic rings. The molecular formula is C17H29N3O4. The number of nitrogens with one attached hydrogen (secondary N) is 1. The van der Waals surface area contributed by atoms with E-state index >= 15 is 0 Å². The fourth-order valence-corrected chi connectivity index (χ4v) is 3.26. The Morgan fingerprint density at radius 3 is 2.46 bits per heavy atom. The van der Waals surface area contributed by atoms with Gasteiger partial charge in [-0.05, 0) is 31.1 Å². The third kappa shape index (κ3) is 4.93. The van der Waals surface area contributed by atoms with E-state index in [4.69, 9.17) is 5.73 Å². The Bertz CT molecular complexity index is 490. The van der Waals surface area contributed by atoms with E-state index in [1.165, 1.54) is 0 Å². The SMILES string of the molecule is CC(C)CC(=O)N1CCCC1C(=O)NC(CC1CC1)C(O)C(N)=O. The predicted molar refractivity (Wildman–Crippen MR) is 88.7 cm³/mol. The Labute approximate surface area is 142 Å². The molecule has 1 heterocycles. The zero-order valence-corrected chi connectivity index (χ0v) is 14.5. The van der Waals surface area contributed by atoms with Gasteiger partial charge in [-0.2, -0.15) is 0 Å². The highest BCUT2D eigenvalue weighted by atomic mass is 16.3. The van der Waals surface area contributed by atoms with Gasteiger partial charge in [0.25, 0.3) is 0 Å². The summed E-state index contributed by atoms with van der Waals surface area (Å²) < 4.78 is 0. The molecule has 1 saturated carbocycles. The monoisotopic (exact) mass is 339 g/mol. The summed E-state index contributed by atoms with van der Waals surface area (Å²) in [5.41, 5.74) is 5.19. The molecule has 0 aromatic heterocycles. The maximum absolute atomic E-state index is 12.6. The van der Waals surface area contributed by atoms with E-state index in [-0.39, 0.29) is 17.7 Å². The van der Waals surface area contributed by atoms with E-state index in [0.29, 0.717) is 31.7 Å². The number of aliphatic hydroxyl groups is 1. The summed E-state index contributed by atoms with van der Waals surface area (Å²) in [5, 5.41) is 12.7. The Hall–Kier alpha value is -1.63. The van der Waals surface area contributed by atoms with E-state index in [9.17, 15) is 19.5 Å². The van der Waals surface area contributed by atoms with E-state index < -0.39 is 24.1 Å². The Kier molecular flexibility index (Phi) is 6.21. The number of hydrogen-bond acceptors (Lipinski definition) is 4. The Morgan fingerprint density at radius 1 is 1.25 bits per heavy atom. The molecule has 3 atom stereocenters. The largest absolute Gasteiger partial charge is 0.381 e. The van der Waals surface area contributed by atoms with Crippen LogP contribution in [-0.4, -0.2) is 52.5 Å². The number of amides is 3. The first-order chi connectivity index (χ1) is 11.3. The van der Waals surface area contributed by atoms with Crippen LogP contribution in [0.3, 0.4) is 0 Å². The number of aliphatic hydroxyl groups excluding tert-OH is 1. The minimum Gasteiger partial charge on any atom is -0.381 e. The summed E-state index contributed by atoms with van der Waals surface area (Å²) in [6.07, 6.45) is 3.05. The van der Waals surface area contributed by atoms with Crippen LogP contribution < -0.4 is 11.1 Å². The molecule has 3 unspecified atom stereocenters. The van der Waals surface area contributed by atoms with Crippen molar-refractivity contribution >= 4 is 17.7 Å². The van der Waals surface area contributed by atoms with E-state index in [1.54, 1.807) is 4.90 Å². The first-order valence-electron chi connectivity index (χ1n) is 8.86. The van der Waals surface area contributed by atoms with Crippen LogP contribution in [0, 0.1) is 11.8 Å². The number of nitrogens with zero attached hydrogens (tertiary/aromatic N) is 1. The van der Waals surface area contributed by atoms with E-state index in [0.717, 1.165) is 19.3 Å². The molecule has 0 bridgehead atoms. The molecule has 1 aliphatic heterocycles. The molecule has 0 spiro atoms. The molecule has 0 aromatic carbocycles. The van der Waals surface area contributed by atoms with Crippen LogP contribution in [0.25, 0.3) is 0 Å². The second kappa shape index (κ2) is 7.96. The zero-order valence-electron chi connectivity index (χ0n) is 14.5. The van der Waals surface area contributed by atoms with E-state index in [2.05, 4.69) is 5.32 Å². The third-order valence-electron chi connectivity index (χ3n) is 4.74. The van der Waals surface area contributed by atoms with Gasteiger partial charge in [0.1, 0.15) is 6.04 Å². The molecule has 2 fully saturated rings. The van der Waals surface area contributed by atoms with Crippen LogP contribution in [0.4, 0.5) is 0 Å². The molecule has 4 N–H and O–H groups in total. The lowest BCUT2D eigenvalue weighted by Gasteiger charge is -2.28. The summed E-state index contributed by atoms with van der Waals surface area (Å²) in [6, 6.07) is -1.19. The van der Waals surface area contributed by atoms with Crippen molar-refractivity contribution < 1.29 is 19.5 Å². The number of nitrogens with two attached hydrogens (primary N) is 1. The highest BCUT2D eigenvalue weighted by Crippen LogP contribution is 2.34. The predicted octanol–water partition coefficient (Wildman–Crippen LogP) is 0.155. The minimum atomic E-state index is -1.39. The summed E-state index contributed by atoms with van der Waals surface area (Å²) in [7, 11) is 0. The normalized spacial score (nSPS) is 23.2. The molecule has 24 heavy (non-hydrogen) atoms. The number of carbonyl (C=O) groups is 3. The average molecular weight is 339 g/mol. The van der Waals surface area contributed by atoms with Crippen molar-refractivity contribution in [3.8, 4) is 0 Å². The smallest absolute Gasteiger partial charge is 0.248 e. The molecule has 1 aliphatic carbocycles. The van der Waals surface area contributed by atoms with Gasteiger partial charge < -0.3 is 21.1 Å². The van der Waals surface area contributed by atoms with Crippen LogP contribution in [0.5, 0.6) is 0 Å². The van der Waals surface area contributed by atoms with Crippen molar-refractivity contribution in [1.29, 1.82) is 0 Å². The first-order valence-corrected chi connectivity index (χ1v) is 8.86. The van der Waals surface area contributed by atoms with Gasteiger partial charge >= 0.3 is 0 Å². The minimum absolute atomic E-state index is 0.0168. The highest BCUT2D eigenvalue weighted by Gasteiger charge is 2.38. The second-order valence-electron chi connectivity index (χ2n) is 7.48.